The first-order valence-electron chi connectivity index (χ1n) is 6.60. The molecule has 1 aromatic heterocycles. The third-order valence-electron chi connectivity index (χ3n) is 3.16. The van der Waals surface area contributed by atoms with Crippen molar-refractivity contribution in [2.75, 3.05) is 0 Å². The average Bonchev–Trinajstić information content (AvgIpc) is 2.93. The van der Waals surface area contributed by atoms with Gasteiger partial charge >= 0.3 is 5.97 Å². The zero-order chi connectivity index (χ0) is 17.4. The number of halogens is 1. The number of carboxylic acid groups (broad SMARTS) is 1. The molecule has 23 heavy (non-hydrogen) atoms. The van der Waals surface area contributed by atoms with Crippen molar-refractivity contribution in [3.63, 3.8) is 0 Å². The predicted octanol–water partition coefficient (Wildman–Crippen LogP) is 2.64. The highest BCUT2D eigenvalue weighted by molar-refractivity contribution is 7.89. The Bertz CT molecular complexity index is 838. The molecule has 1 heterocycles. The first-order chi connectivity index (χ1) is 10.6. The molecule has 2 N–H and O–H groups in total. The van der Waals surface area contributed by atoms with Gasteiger partial charge < -0.3 is 5.11 Å². The van der Waals surface area contributed by atoms with Crippen molar-refractivity contribution in [2.45, 2.75) is 31.7 Å². The van der Waals surface area contributed by atoms with E-state index in [1.165, 1.54) is 32.2 Å². The maximum absolute atomic E-state index is 13.6. The van der Waals surface area contributed by atoms with Crippen LogP contribution in [0.1, 0.15) is 38.8 Å². The van der Waals surface area contributed by atoms with Crippen LogP contribution in [0.15, 0.2) is 23.2 Å². The van der Waals surface area contributed by atoms with E-state index >= 15 is 0 Å². The molecule has 0 radical (unpaired) electrons. The fraction of sp³-hybridized carbons (Fsp3) is 0.286. The van der Waals surface area contributed by atoms with E-state index in [1.807, 2.05) is 0 Å². The number of hydrogen-bond donors (Lipinski definition) is 2. The highest BCUT2D eigenvalue weighted by Gasteiger charge is 2.22. The topological polar surface area (TPSA) is 96.4 Å². The van der Waals surface area contributed by atoms with Crippen LogP contribution in [0.4, 0.5) is 4.39 Å². The Hall–Kier alpha value is -1.84. The lowest BCUT2D eigenvalue weighted by Crippen LogP contribution is -2.27. The van der Waals surface area contributed by atoms with Crippen molar-refractivity contribution < 1.29 is 22.7 Å². The molecule has 6 nitrogen and oxygen atoms in total. The molecule has 0 bridgehead atoms. The molecule has 2 rings (SSSR count). The summed E-state index contributed by atoms with van der Waals surface area (Å²) in [6.07, 6.45) is 1.18. The Morgan fingerprint density at radius 2 is 1.91 bits per heavy atom. The van der Waals surface area contributed by atoms with Gasteiger partial charge in [-0.05, 0) is 44.0 Å². The van der Waals surface area contributed by atoms with Gasteiger partial charge in [-0.3, -0.25) is 0 Å². The van der Waals surface area contributed by atoms with Crippen molar-refractivity contribution in [3.8, 4) is 0 Å². The lowest BCUT2D eigenvalue weighted by molar-refractivity contribution is 0.0702. The second-order valence-corrected chi connectivity index (χ2v) is 7.86. The van der Waals surface area contributed by atoms with E-state index in [2.05, 4.69) is 9.71 Å². The molecule has 1 unspecified atom stereocenters. The molecule has 0 aliphatic carbocycles. The number of nitrogens with zero attached hydrogens (tertiary/aromatic N) is 1. The highest BCUT2D eigenvalue weighted by Crippen LogP contribution is 2.23. The molecule has 124 valence electrons. The molecule has 9 heteroatoms. The number of sulfonamides is 1. The summed E-state index contributed by atoms with van der Waals surface area (Å²) in [5.74, 6) is -1.56. The number of rotatable bonds is 5. The van der Waals surface area contributed by atoms with Crippen LogP contribution in [0.3, 0.4) is 0 Å². The normalized spacial score (nSPS) is 13.0. The summed E-state index contributed by atoms with van der Waals surface area (Å²) in [4.78, 5) is 14.7. The largest absolute Gasteiger partial charge is 0.477 e. The quantitative estimate of drug-likeness (QED) is 0.856. The van der Waals surface area contributed by atoms with E-state index < -0.39 is 27.9 Å². The van der Waals surface area contributed by atoms with Crippen LogP contribution >= 0.6 is 11.3 Å². The minimum Gasteiger partial charge on any atom is -0.477 e. The summed E-state index contributed by atoms with van der Waals surface area (Å²) in [7, 11) is -3.88. The fourth-order valence-corrected chi connectivity index (χ4v) is 4.21. The minimum absolute atomic E-state index is 0.0273. The van der Waals surface area contributed by atoms with Gasteiger partial charge in [-0.15, -0.1) is 11.3 Å². The Morgan fingerprint density at radius 3 is 2.39 bits per heavy atom. The van der Waals surface area contributed by atoms with E-state index in [4.69, 9.17) is 5.11 Å². The van der Waals surface area contributed by atoms with Crippen molar-refractivity contribution in [3.05, 3.63) is 45.2 Å². The second-order valence-electron chi connectivity index (χ2n) is 5.08. The highest BCUT2D eigenvalue weighted by atomic mass is 32.2. The molecular weight excluding hydrogens is 343 g/mol. The number of aromatic nitrogens is 1. The van der Waals surface area contributed by atoms with Gasteiger partial charge in [-0.2, -0.15) is 0 Å². The van der Waals surface area contributed by atoms with Crippen LogP contribution in [0.2, 0.25) is 0 Å². The molecular formula is C14H15FN2O4S2. The Kier molecular flexibility index (Phi) is 4.83. The number of aromatic carboxylic acids is 1. The number of hydrogen-bond acceptors (Lipinski definition) is 5. The Labute approximate surface area is 137 Å². The summed E-state index contributed by atoms with van der Waals surface area (Å²) in [6, 6.07) is 1.80. The predicted molar refractivity (Wildman–Crippen MR) is 83.7 cm³/mol. The van der Waals surface area contributed by atoms with E-state index in [0.717, 1.165) is 11.3 Å². The molecule has 0 fully saturated rings. The zero-order valence-corrected chi connectivity index (χ0v) is 14.3. The van der Waals surface area contributed by atoms with Crippen LogP contribution in [-0.4, -0.2) is 24.5 Å². The van der Waals surface area contributed by atoms with Gasteiger partial charge in [0.15, 0.2) is 0 Å². The third-order valence-corrected chi connectivity index (χ3v) is 5.85. The summed E-state index contributed by atoms with van der Waals surface area (Å²) in [6.45, 7) is 4.54. The van der Waals surface area contributed by atoms with Crippen LogP contribution in [-0.2, 0) is 10.0 Å². The lowest BCUT2D eigenvalue weighted by Gasteiger charge is -2.13. The minimum atomic E-state index is -3.88. The SMILES string of the molecule is Cc1cc(S(=O)(=O)NC(C)c2ncc(C(=O)O)s2)cc(C)c1F. The van der Waals surface area contributed by atoms with E-state index in [9.17, 15) is 17.6 Å². The van der Waals surface area contributed by atoms with Gasteiger partial charge in [-0.25, -0.2) is 27.3 Å². The molecule has 2 aromatic rings. The molecule has 0 saturated heterocycles. The van der Waals surface area contributed by atoms with Crippen molar-refractivity contribution in [1.82, 2.24) is 9.71 Å². The smallest absolute Gasteiger partial charge is 0.347 e. The maximum atomic E-state index is 13.6. The molecule has 1 atom stereocenters. The zero-order valence-electron chi connectivity index (χ0n) is 12.6. The van der Waals surface area contributed by atoms with Crippen LogP contribution in [0, 0.1) is 19.7 Å². The maximum Gasteiger partial charge on any atom is 0.347 e. The van der Waals surface area contributed by atoms with Crippen molar-refractivity contribution in [2.24, 2.45) is 0 Å². The monoisotopic (exact) mass is 358 g/mol. The lowest BCUT2D eigenvalue weighted by atomic mass is 10.1. The summed E-state index contributed by atoms with van der Waals surface area (Å²) >= 11 is 0.896. The van der Waals surface area contributed by atoms with Gasteiger partial charge in [-0.1, -0.05) is 0 Å². The first-order valence-corrected chi connectivity index (χ1v) is 8.90. The van der Waals surface area contributed by atoms with Gasteiger partial charge in [0.1, 0.15) is 15.7 Å². The number of aryl methyl sites for hydroxylation is 2. The first kappa shape index (κ1) is 17.5. The summed E-state index contributed by atoms with van der Waals surface area (Å²) < 4.78 is 40.8. The average molecular weight is 358 g/mol. The molecule has 0 amide bonds. The van der Waals surface area contributed by atoms with Gasteiger partial charge in [0.05, 0.1) is 17.1 Å². The van der Waals surface area contributed by atoms with E-state index in [-0.39, 0.29) is 20.9 Å². The summed E-state index contributed by atoms with van der Waals surface area (Å²) in [5, 5.41) is 9.21. The van der Waals surface area contributed by atoms with Crippen LogP contribution < -0.4 is 4.72 Å². The molecule has 0 spiro atoms. The Balaban J connectivity index is 2.28. The molecule has 0 aliphatic rings. The number of benzene rings is 1. The number of carbonyl (C=O) groups is 1. The second kappa shape index (κ2) is 6.34. The third kappa shape index (κ3) is 3.74. The van der Waals surface area contributed by atoms with E-state index in [1.54, 1.807) is 6.92 Å². The molecule has 1 aromatic carbocycles. The van der Waals surface area contributed by atoms with Crippen LogP contribution in [0.5, 0.6) is 0 Å². The van der Waals surface area contributed by atoms with Crippen molar-refractivity contribution >= 4 is 27.3 Å². The Morgan fingerprint density at radius 1 is 1.35 bits per heavy atom. The number of carboxylic acids is 1. The van der Waals surface area contributed by atoms with Gasteiger partial charge in [0, 0.05) is 0 Å². The number of nitrogens with one attached hydrogen (secondary N) is 1. The standard InChI is InChI=1S/C14H15FN2O4S2/c1-7-4-10(5-8(2)12(7)15)23(20,21)17-9(3)13-16-6-11(22-13)14(18)19/h4-6,9,17H,1-3H3,(H,18,19). The molecule has 0 saturated carbocycles. The fourth-order valence-electron chi connectivity index (χ4n) is 2.00. The number of thiazole rings is 1. The van der Waals surface area contributed by atoms with Crippen molar-refractivity contribution in [1.29, 1.82) is 0 Å². The molecule has 0 aliphatic heterocycles. The van der Waals surface area contributed by atoms with Gasteiger partial charge in [0.25, 0.3) is 0 Å². The van der Waals surface area contributed by atoms with Crippen LogP contribution in [0.25, 0.3) is 0 Å². The van der Waals surface area contributed by atoms with Gasteiger partial charge in [0.2, 0.25) is 10.0 Å². The summed E-state index contributed by atoms with van der Waals surface area (Å²) in [5.41, 5.74) is 0.473. The van der Waals surface area contributed by atoms with E-state index in [0.29, 0.717) is 5.01 Å².